The third kappa shape index (κ3) is 2.52. The summed E-state index contributed by atoms with van der Waals surface area (Å²) < 4.78 is 0. The van der Waals surface area contributed by atoms with E-state index >= 15 is 0 Å². The van der Waals surface area contributed by atoms with Crippen LogP contribution in [0.2, 0.25) is 0 Å². The third-order valence-electron chi connectivity index (χ3n) is 2.70. The Bertz CT molecular complexity index is 377. The zero-order valence-electron chi connectivity index (χ0n) is 9.84. The summed E-state index contributed by atoms with van der Waals surface area (Å²) in [5, 5.41) is 9.68. The molecule has 0 aliphatic carbocycles. The summed E-state index contributed by atoms with van der Waals surface area (Å²) in [4.78, 5) is 13.2. The van der Waals surface area contributed by atoms with Crippen molar-refractivity contribution in [1.29, 1.82) is 0 Å². The highest BCUT2D eigenvalue weighted by molar-refractivity contribution is 5.81. The first-order valence-electron chi connectivity index (χ1n) is 5.25. The normalized spacial score (nSPS) is 14.2. The lowest BCUT2D eigenvalue weighted by Crippen LogP contribution is -2.40. The number of hydrogen-bond donors (Lipinski definition) is 2. The van der Waals surface area contributed by atoms with Crippen molar-refractivity contribution in [3.63, 3.8) is 0 Å². The van der Waals surface area contributed by atoms with Gasteiger partial charge in [-0.15, -0.1) is 0 Å². The Morgan fingerprint density at radius 3 is 2.44 bits per heavy atom. The van der Waals surface area contributed by atoms with Crippen LogP contribution < -0.4 is 5.73 Å². The molecule has 0 heterocycles. The maximum absolute atomic E-state index is 11.7. The number of nitrogens with two attached hydrogens (primary N) is 1. The van der Waals surface area contributed by atoms with E-state index in [0.717, 1.165) is 5.56 Å². The molecule has 1 amide bonds. The summed E-state index contributed by atoms with van der Waals surface area (Å²) in [6, 6.07) is 6.26. The Hall–Kier alpha value is -1.55. The molecule has 4 heteroatoms. The van der Waals surface area contributed by atoms with Gasteiger partial charge >= 0.3 is 0 Å². The average Bonchev–Trinajstić information content (AvgIpc) is 2.26. The minimum Gasteiger partial charge on any atom is -0.508 e. The predicted molar refractivity (Wildman–Crippen MR) is 62.9 cm³/mol. The number of nitrogens with zero attached hydrogens (tertiary/aromatic N) is 1. The van der Waals surface area contributed by atoms with Crippen molar-refractivity contribution in [2.45, 2.75) is 25.9 Å². The number of rotatable bonds is 3. The van der Waals surface area contributed by atoms with E-state index in [4.69, 9.17) is 5.73 Å². The molecule has 0 aliphatic rings. The number of para-hydroxylation sites is 1. The molecule has 1 unspecified atom stereocenters. The zero-order valence-corrected chi connectivity index (χ0v) is 9.84. The molecule has 3 N–H and O–H groups in total. The Balaban J connectivity index is 2.90. The molecule has 2 atom stereocenters. The van der Waals surface area contributed by atoms with Crippen LogP contribution in [0.4, 0.5) is 0 Å². The van der Waals surface area contributed by atoms with Crippen LogP contribution in [0.15, 0.2) is 24.3 Å². The van der Waals surface area contributed by atoms with E-state index in [9.17, 15) is 9.90 Å². The van der Waals surface area contributed by atoms with Gasteiger partial charge in [-0.3, -0.25) is 4.79 Å². The van der Waals surface area contributed by atoms with Gasteiger partial charge in [0.1, 0.15) is 5.75 Å². The van der Waals surface area contributed by atoms with Gasteiger partial charge in [-0.05, 0) is 19.9 Å². The van der Waals surface area contributed by atoms with Gasteiger partial charge in [-0.25, -0.2) is 0 Å². The van der Waals surface area contributed by atoms with Crippen molar-refractivity contribution < 1.29 is 9.90 Å². The minimum atomic E-state index is -0.529. The molecule has 0 fully saturated rings. The van der Waals surface area contributed by atoms with Crippen molar-refractivity contribution in [2.75, 3.05) is 7.05 Å². The lowest BCUT2D eigenvalue weighted by Gasteiger charge is -2.27. The molecule has 0 bridgehead atoms. The number of phenols is 1. The van der Waals surface area contributed by atoms with Gasteiger partial charge < -0.3 is 15.7 Å². The molecule has 16 heavy (non-hydrogen) atoms. The van der Waals surface area contributed by atoms with Crippen molar-refractivity contribution in [3.05, 3.63) is 29.8 Å². The van der Waals surface area contributed by atoms with Gasteiger partial charge in [-0.2, -0.15) is 0 Å². The van der Waals surface area contributed by atoms with Crippen LogP contribution in [0.5, 0.6) is 5.75 Å². The van der Waals surface area contributed by atoms with Crippen LogP contribution in [-0.2, 0) is 4.79 Å². The topological polar surface area (TPSA) is 66.6 Å². The summed E-state index contributed by atoms with van der Waals surface area (Å²) in [5.41, 5.74) is 6.26. The molecule has 0 radical (unpaired) electrons. The number of benzene rings is 1. The highest BCUT2D eigenvalue weighted by atomic mass is 16.3. The first kappa shape index (κ1) is 12.5. The first-order valence-corrected chi connectivity index (χ1v) is 5.25. The number of carbonyl (C=O) groups excluding carboxylic acids is 1. The van der Waals surface area contributed by atoms with Gasteiger partial charge in [0, 0.05) is 12.6 Å². The standard InChI is InChI=1S/C12H18N2O2/c1-8(13)12(16)14(3)9(2)10-6-4-5-7-11(10)15/h4-9,15H,13H2,1-3H3/t8-,9?/m1/s1. The van der Waals surface area contributed by atoms with E-state index in [1.54, 1.807) is 37.1 Å². The van der Waals surface area contributed by atoms with Crippen LogP contribution in [0.1, 0.15) is 25.5 Å². The summed E-state index contributed by atoms with van der Waals surface area (Å²) >= 11 is 0. The summed E-state index contributed by atoms with van der Waals surface area (Å²) in [6.45, 7) is 3.51. The highest BCUT2D eigenvalue weighted by Crippen LogP contribution is 2.27. The number of aromatic hydroxyl groups is 1. The largest absolute Gasteiger partial charge is 0.508 e. The number of phenolic OH excluding ortho intramolecular Hbond substituents is 1. The van der Waals surface area contributed by atoms with E-state index in [1.165, 1.54) is 0 Å². The maximum atomic E-state index is 11.7. The smallest absolute Gasteiger partial charge is 0.239 e. The molecule has 1 aromatic carbocycles. The Morgan fingerprint density at radius 1 is 1.38 bits per heavy atom. The lowest BCUT2D eigenvalue weighted by atomic mass is 10.1. The van der Waals surface area contributed by atoms with Crippen LogP contribution >= 0.6 is 0 Å². The molecule has 0 aromatic heterocycles. The molecular weight excluding hydrogens is 204 g/mol. The van der Waals surface area contributed by atoms with Crippen LogP contribution in [0.25, 0.3) is 0 Å². The van der Waals surface area contributed by atoms with Gasteiger partial charge in [0.05, 0.1) is 12.1 Å². The fourth-order valence-electron chi connectivity index (χ4n) is 1.56. The number of amides is 1. The third-order valence-corrected chi connectivity index (χ3v) is 2.70. The fourth-order valence-corrected chi connectivity index (χ4v) is 1.56. The Kier molecular flexibility index (Phi) is 3.90. The molecule has 0 aliphatic heterocycles. The van der Waals surface area contributed by atoms with Gasteiger partial charge in [0.25, 0.3) is 0 Å². The van der Waals surface area contributed by atoms with Crippen molar-refractivity contribution >= 4 is 5.91 Å². The second-order valence-corrected chi connectivity index (χ2v) is 3.97. The monoisotopic (exact) mass is 222 g/mol. The van der Waals surface area contributed by atoms with Gasteiger partial charge in [-0.1, -0.05) is 18.2 Å². The van der Waals surface area contributed by atoms with E-state index in [1.807, 2.05) is 13.0 Å². The van der Waals surface area contributed by atoms with Crippen LogP contribution in [-0.4, -0.2) is 29.0 Å². The SMILES string of the molecule is CC(c1ccccc1O)N(C)C(=O)[C@@H](C)N. The number of carbonyl (C=O) groups is 1. The second kappa shape index (κ2) is 4.99. The molecule has 0 saturated carbocycles. The molecular formula is C12H18N2O2. The molecule has 0 spiro atoms. The average molecular weight is 222 g/mol. The fraction of sp³-hybridized carbons (Fsp3) is 0.417. The first-order chi connectivity index (χ1) is 7.45. The summed E-state index contributed by atoms with van der Waals surface area (Å²) in [6.07, 6.45) is 0. The van der Waals surface area contributed by atoms with Crippen LogP contribution in [0, 0.1) is 0 Å². The molecule has 1 rings (SSSR count). The van der Waals surface area contributed by atoms with Crippen molar-refractivity contribution in [1.82, 2.24) is 4.90 Å². The van der Waals surface area contributed by atoms with Gasteiger partial charge in [0.2, 0.25) is 5.91 Å². The number of hydrogen-bond acceptors (Lipinski definition) is 3. The van der Waals surface area contributed by atoms with Crippen LogP contribution in [0.3, 0.4) is 0 Å². The van der Waals surface area contributed by atoms with Crippen molar-refractivity contribution in [2.24, 2.45) is 5.73 Å². The number of likely N-dealkylation sites (N-methyl/N-ethyl adjacent to an activating group) is 1. The van der Waals surface area contributed by atoms with E-state index < -0.39 is 6.04 Å². The van der Waals surface area contributed by atoms with Gasteiger partial charge in [0.15, 0.2) is 0 Å². The molecule has 4 nitrogen and oxygen atoms in total. The maximum Gasteiger partial charge on any atom is 0.239 e. The molecule has 0 saturated heterocycles. The minimum absolute atomic E-state index is 0.143. The highest BCUT2D eigenvalue weighted by Gasteiger charge is 2.21. The van der Waals surface area contributed by atoms with E-state index in [0.29, 0.717) is 0 Å². The Morgan fingerprint density at radius 2 is 1.94 bits per heavy atom. The summed E-state index contributed by atoms with van der Waals surface area (Å²) in [7, 11) is 1.68. The lowest BCUT2D eigenvalue weighted by molar-refractivity contribution is -0.132. The van der Waals surface area contributed by atoms with E-state index in [2.05, 4.69) is 0 Å². The molecule has 1 aromatic rings. The molecule has 88 valence electrons. The zero-order chi connectivity index (χ0) is 12.3. The Labute approximate surface area is 95.7 Å². The van der Waals surface area contributed by atoms with Crippen molar-refractivity contribution in [3.8, 4) is 5.75 Å². The summed E-state index contributed by atoms with van der Waals surface area (Å²) in [5.74, 6) is 0.0510. The quantitative estimate of drug-likeness (QED) is 0.809. The second-order valence-electron chi connectivity index (χ2n) is 3.97. The predicted octanol–water partition coefficient (Wildman–Crippen LogP) is 1.26. The van der Waals surface area contributed by atoms with E-state index in [-0.39, 0.29) is 17.7 Å².